The highest BCUT2D eigenvalue weighted by atomic mass is 32.1. The van der Waals surface area contributed by atoms with Crippen molar-refractivity contribution < 1.29 is 19.4 Å². The van der Waals surface area contributed by atoms with Gasteiger partial charge in [0.05, 0.1) is 29.5 Å². The summed E-state index contributed by atoms with van der Waals surface area (Å²) >= 11 is 1.47. The van der Waals surface area contributed by atoms with E-state index in [9.17, 15) is 9.90 Å². The first-order chi connectivity index (χ1) is 12.2. The molecule has 0 aliphatic heterocycles. The van der Waals surface area contributed by atoms with E-state index in [2.05, 4.69) is 9.72 Å². The number of rotatable bonds is 6. The van der Waals surface area contributed by atoms with Crippen LogP contribution < -0.4 is 4.74 Å². The number of thiazole rings is 1. The highest BCUT2D eigenvalue weighted by Crippen LogP contribution is 2.27. The van der Waals surface area contributed by atoms with Gasteiger partial charge in [-0.05, 0) is 35.4 Å². The van der Waals surface area contributed by atoms with Crippen LogP contribution in [0.5, 0.6) is 5.19 Å². The molecule has 0 amide bonds. The van der Waals surface area contributed by atoms with E-state index in [1.165, 1.54) is 18.4 Å². The Morgan fingerprint density at radius 1 is 1.20 bits per heavy atom. The summed E-state index contributed by atoms with van der Waals surface area (Å²) in [5.74, 6) is -0.378. The SMILES string of the molecule is COC(=O)c1ccc(/C=C(\CO)COc2nc3ccccc3s2)cc1. The minimum Gasteiger partial charge on any atom is -0.465 e. The van der Waals surface area contributed by atoms with E-state index in [4.69, 9.17) is 4.74 Å². The number of methoxy groups -OCH3 is 1. The van der Waals surface area contributed by atoms with Crippen molar-refractivity contribution in [1.82, 2.24) is 4.98 Å². The second kappa shape index (κ2) is 7.92. The van der Waals surface area contributed by atoms with Gasteiger partial charge in [-0.3, -0.25) is 0 Å². The van der Waals surface area contributed by atoms with Gasteiger partial charge in [0.2, 0.25) is 0 Å². The highest BCUT2D eigenvalue weighted by molar-refractivity contribution is 7.20. The van der Waals surface area contributed by atoms with Gasteiger partial charge >= 0.3 is 5.97 Å². The fourth-order valence-electron chi connectivity index (χ4n) is 2.27. The molecule has 0 fully saturated rings. The maximum absolute atomic E-state index is 11.4. The zero-order valence-electron chi connectivity index (χ0n) is 13.6. The zero-order valence-corrected chi connectivity index (χ0v) is 14.5. The van der Waals surface area contributed by atoms with Crippen molar-refractivity contribution in [1.29, 1.82) is 0 Å². The molecule has 128 valence electrons. The van der Waals surface area contributed by atoms with Crippen LogP contribution in [0, 0.1) is 0 Å². The normalized spacial score (nSPS) is 11.5. The van der Waals surface area contributed by atoms with Crippen molar-refractivity contribution in [3.8, 4) is 5.19 Å². The Hall–Kier alpha value is -2.70. The molecule has 0 unspecified atom stereocenters. The van der Waals surface area contributed by atoms with Crippen molar-refractivity contribution in [2.75, 3.05) is 20.3 Å². The molecule has 0 aliphatic carbocycles. The highest BCUT2D eigenvalue weighted by Gasteiger charge is 2.07. The van der Waals surface area contributed by atoms with Gasteiger partial charge < -0.3 is 14.6 Å². The monoisotopic (exact) mass is 355 g/mol. The van der Waals surface area contributed by atoms with Gasteiger partial charge in [0.15, 0.2) is 0 Å². The Bertz CT molecular complexity index is 866. The number of aliphatic hydroxyl groups excluding tert-OH is 1. The van der Waals surface area contributed by atoms with Gasteiger partial charge in [-0.2, -0.15) is 0 Å². The number of carbonyl (C=O) groups is 1. The van der Waals surface area contributed by atoms with Crippen molar-refractivity contribution in [2.45, 2.75) is 0 Å². The molecule has 0 aliphatic rings. The maximum atomic E-state index is 11.4. The predicted octanol–water partition coefficient (Wildman–Crippen LogP) is 3.54. The number of aliphatic hydroxyl groups is 1. The molecule has 6 heteroatoms. The lowest BCUT2D eigenvalue weighted by atomic mass is 10.1. The molecule has 1 aromatic heterocycles. The number of nitrogens with zero attached hydrogens (tertiary/aromatic N) is 1. The Balaban J connectivity index is 1.69. The molecule has 0 radical (unpaired) electrons. The lowest BCUT2D eigenvalue weighted by Crippen LogP contribution is -2.04. The molecule has 0 saturated heterocycles. The standard InChI is InChI=1S/C19H17NO4S/c1-23-18(22)15-8-6-13(7-9-15)10-14(11-21)12-24-19-20-16-4-2-3-5-17(16)25-19/h2-10,21H,11-12H2,1H3/b14-10+. The third-order valence-electron chi connectivity index (χ3n) is 3.56. The smallest absolute Gasteiger partial charge is 0.337 e. The van der Waals surface area contributed by atoms with Gasteiger partial charge in [0.1, 0.15) is 6.61 Å². The number of esters is 1. The second-order valence-corrected chi connectivity index (χ2v) is 6.30. The van der Waals surface area contributed by atoms with Crippen molar-refractivity contribution in [3.05, 3.63) is 65.2 Å². The maximum Gasteiger partial charge on any atom is 0.337 e. The molecular weight excluding hydrogens is 338 g/mol. The third-order valence-corrected chi connectivity index (χ3v) is 4.51. The molecule has 0 bridgehead atoms. The molecule has 0 atom stereocenters. The van der Waals surface area contributed by atoms with Gasteiger partial charge in [-0.15, -0.1) is 0 Å². The summed E-state index contributed by atoms with van der Waals surface area (Å²) in [6.07, 6.45) is 1.83. The number of ether oxygens (including phenoxy) is 2. The number of para-hydroxylation sites is 1. The minimum atomic E-state index is -0.378. The Morgan fingerprint density at radius 2 is 1.96 bits per heavy atom. The number of hydrogen-bond acceptors (Lipinski definition) is 6. The van der Waals surface area contributed by atoms with Crippen LogP contribution in [0.1, 0.15) is 15.9 Å². The van der Waals surface area contributed by atoms with Crippen LogP contribution in [0.2, 0.25) is 0 Å². The zero-order chi connectivity index (χ0) is 17.6. The second-order valence-electron chi connectivity index (χ2n) is 5.31. The lowest BCUT2D eigenvalue weighted by molar-refractivity contribution is 0.0600. The van der Waals surface area contributed by atoms with Crippen LogP contribution in [0.3, 0.4) is 0 Å². The van der Waals surface area contributed by atoms with Crippen LogP contribution in [0.15, 0.2) is 54.1 Å². The summed E-state index contributed by atoms with van der Waals surface area (Å²) in [5.41, 5.74) is 2.96. The van der Waals surface area contributed by atoms with Crippen molar-refractivity contribution >= 4 is 33.6 Å². The van der Waals surface area contributed by atoms with Crippen LogP contribution in [0.4, 0.5) is 0 Å². The van der Waals surface area contributed by atoms with Crippen LogP contribution >= 0.6 is 11.3 Å². The van der Waals surface area contributed by atoms with Crippen LogP contribution in [-0.2, 0) is 4.74 Å². The van der Waals surface area contributed by atoms with Gasteiger partial charge in [0, 0.05) is 0 Å². The summed E-state index contributed by atoms with van der Waals surface area (Å²) in [4.78, 5) is 15.8. The number of fused-ring (bicyclic) bond motifs is 1. The molecule has 2 aromatic carbocycles. The topological polar surface area (TPSA) is 68.7 Å². The van der Waals surface area contributed by atoms with Crippen LogP contribution in [0.25, 0.3) is 16.3 Å². The summed E-state index contributed by atoms with van der Waals surface area (Å²) < 4.78 is 11.4. The molecule has 0 spiro atoms. The van der Waals surface area contributed by atoms with Crippen molar-refractivity contribution in [3.63, 3.8) is 0 Å². The lowest BCUT2D eigenvalue weighted by Gasteiger charge is -2.06. The Labute approximate surface area is 149 Å². The average Bonchev–Trinajstić information content (AvgIpc) is 3.08. The van der Waals surface area contributed by atoms with E-state index in [1.54, 1.807) is 24.3 Å². The summed E-state index contributed by atoms with van der Waals surface area (Å²) in [5, 5.41) is 10.1. The molecule has 25 heavy (non-hydrogen) atoms. The minimum absolute atomic E-state index is 0.121. The number of hydrogen-bond donors (Lipinski definition) is 1. The Kier molecular flexibility index (Phi) is 5.42. The molecule has 3 rings (SSSR count). The van der Waals surface area contributed by atoms with E-state index in [0.29, 0.717) is 16.3 Å². The first-order valence-electron chi connectivity index (χ1n) is 7.66. The molecule has 1 N–H and O–H groups in total. The fraction of sp³-hybridized carbons (Fsp3) is 0.158. The average molecular weight is 355 g/mol. The fourth-order valence-corrected chi connectivity index (χ4v) is 3.08. The summed E-state index contributed by atoms with van der Waals surface area (Å²) in [6, 6.07) is 14.8. The van der Waals surface area contributed by atoms with E-state index >= 15 is 0 Å². The molecule has 0 saturated carbocycles. The number of carbonyl (C=O) groups excluding carboxylic acids is 1. The van der Waals surface area contributed by atoms with Crippen molar-refractivity contribution in [2.24, 2.45) is 0 Å². The molecule has 1 heterocycles. The first kappa shape index (κ1) is 17.1. The van der Waals surface area contributed by atoms with E-state index < -0.39 is 0 Å². The van der Waals surface area contributed by atoms with E-state index in [1.807, 2.05) is 30.3 Å². The summed E-state index contributed by atoms with van der Waals surface area (Å²) in [6.45, 7) is 0.124. The third kappa shape index (κ3) is 4.23. The Morgan fingerprint density at radius 3 is 2.64 bits per heavy atom. The predicted molar refractivity (Wildman–Crippen MR) is 98.0 cm³/mol. The van der Waals surface area contributed by atoms with E-state index in [-0.39, 0.29) is 19.2 Å². The molecule has 3 aromatic rings. The van der Waals surface area contributed by atoms with Crippen LogP contribution in [-0.4, -0.2) is 36.4 Å². The number of aromatic nitrogens is 1. The molecule has 5 nitrogen and oxygen atoms in total. The van der Waals surface area contributed by atoms with Gasteiger partial charge in [0.25, 0.3) is 5.19 Å². The molecular formula is C19H17NO4S. The number of benzene rings is 2. The summed E-state index contributed by atoms with van der Waals surface area (Å²) in [7, 11) is 1.35. The van der Waals surface area contributed by atoms with Gasteiger partial charge in [-0.25, -0.2) is 9.78 Å². The van der Waals surface area contributed by atoms with Gasteiger partial charge in [-0.1, -0.05) is 41.7 Å². The first-order valence-corrected chi connectivity index (χ1v) is 8.48. The van der Waals surface area contributed by atoms with E-state index in [0.717, 1.165) is 15.8 Å². The largest absolute Gasteiger partial charge is 0.465 e. The quantitative estimate of drug-likeness (QED) is 0.685.